The molecule has 0 unspecified atom stereocenters. The third-order valence-electron chi connectivity index (χ3n) is 4.36. The van der Waals surface area contributed by atoms with Crippen molar-refractivity contribution in [1.82, 2.24) is 9.97 Å². The molecule has 2 heterocycles. The second-order valence-corrected chi connectivity index (χ2v) is 5.93. The molecule has 4 rings (SSSR count). The van der Waals surface area contributed by atoms with Gasteiger partial charge >= 0.3 is 0 Å². The number of benzene rings is 2. The number of nitrogens with one attached hydrogen (secondary N) is 2. The van der Waals surface area contributed by atoms with E-state index in [1.54, 1.807) is 0 Å². The van der Waals surface area contributed by atoms with E-state index in [-0.39, 0.29) is 0 Å². The number of rotatable bonds is 3. The van der Waals surface area contributed by atoms with Gasteiger partial charge in [0.1, 0.15) is 5.82 Å². The van der Waals surface area contributed by atoms with Crippen LogP contribution in [-0.4, -0.2) is 9.97 Å². The fraction of sp³-hybridized carbons (Fsp3) is 0.143. The Morgan fingerprint density at radius 1 is 1.00 bits per heavy atom. The molecule has 0 amide bonds. The summed E-state index contributed by atoms with van der Waals surface area (Å²) in [6.45, 7) is 4.20. The molecular formula is C21H19N3. The van der Waals surface area contributed by atoms with Gasteiger partial charge in [0.15, 0.2) is 0 Å². The average Bonchev–Trinajstić information content (AvgIpc) is 3.02. The first-order valence-corrected chi connectivity index (χ1v) is 8.24. The van der Waals surface area contributed by atoms with Crippen molar-refractivity contribution in [2.24, 2.45) is 0 Å². The number of aryl methyl sites for hydroxylation is 2. The molecule has 3 nitrogen and oxygen atoms in total. The van der Waals surface area contributed by atoms with E-state index in [1.807, 2.05) is 30.3 Å². The van der Waals surface area contributed by atoms with Crippen LogP contribution in [-0.2, 0) is 6.42 Å². The summed E-state index contributed by atoms with van der Waals surface area (Å²) in [6.07, 6.45) is 2.96. The number of H-pyrrole nitrogens is 1. The topological polar surface area (TPSA) is 40.7 Å². The zero-order valence-electron chi connectivity index (χ0n) is 13.9. The highest BCUT2D eigenvalue weighted by atomic mass is 14.9. The van der Waals surface area contributed by atoms with Gasteiger partial charge in [-0.05, 0) is 25.5 Å². The van der Waals surface area contributed by atoms with Crippen LogP contribution >= 0.6 is 0 Å². The van der Waals surface area contributed by atoms with Crippen LogP contribution in [0.2, 0.25) is 0 Å². The van der Waals surface area contributed by atoms with E-state index in [1.165, 1.54) is 0 Å². The number of hydrogen-bond acceptors (Lipinski definition) is 2. The number of anilines is 1. The predicted octanol–water partition coefficient (Wildman–Crippen LogP) is 5.03. The fourth-order valence-corrected chi connectivity index (χ4v) is 3.08. The molecule has 0 bridgehead atoms. The zero-order valence-corrected chi connectivity index (χ0v) is 13.9. The Labute approximate surface area is 141 Å². The first kappa shape index (κ1) is 14.6. The Balaban J connectivity index is 1.82. The van der Waals surface area contributed by atoms with Crippen LogP contribution in [0.25, 0.3) is 23.2 Å². The Hall–Kier alpha value is -3.03. The summed E-state index contributed by atoms with van der Waals surface area (Å²) in [7, 11) is 0. The van der Waals surface area contributed by atoms with Gasteiger partial charge in [-0.3, -0.25) is 0 Å². The van der Waals surface area contributed by atoms with Crippen molar-refractivity contribution in [1.29, 1.82) is 0 Å². The molecule has 24 heavy (non-hydrogen) atoms. The third kappa shape index (κ3) is 2.45. The molecule has 0 radical (unpaired) electrons. The lowest BCUT2D eigenvalue weighted by atomic mass is 10.0. The Kier molecular flexibility index (Phi) is 3.56. The van der Waals surface area contributed by atoms with Crippen LogP contribution in [0.3, 0.4) is 0 Å². The molecule has 3 heteroatoms. The quantitative estimate of drug-likeness (QED) is 0.666. The molecule has 118 valence electrons. The van der Waals surface area contributed by atoms with Gasteiger partial charge in [-0.2, -0.15) is 0 Å². The van der Waals surface area contributed by atoms with Crippen molar-refractivity contribution >= 4 is 17.5 Å². The van der Waals surface area contributed by atoms with Crippen LogP contribution in [0.15, 0.2) is 54.3 Å². The number of hydrogen-bond donors (Lipinski definition) is 2. The van der Waals surface area contributed by atoms with E-state index in [0.717, 1.165) is 51.7 Å². The Morgan fingerprint density at radius 3 is 2.54 bits per heavy atom. The second-order valence-electron chi connectivity index (χ2n) is 5.93. The third-order valence-corrected chi connectivity index (χ3v) is 4.36. The summed E-state index contributed by atoms with van der Waals surface area (Å²) in [4.78, 5) is 8.18. The lowest BCUT2D eigenvalue weighted by molar-refractivity contribution is 1.04. The second kappa shape index (κ2) is 5.88. The molecule has 1 aliphatic rings. The van der Waals surface area contributed by atoms with Gasteiger partial charge in [0.25, 0.3) is 0 Å². The van der Waals surface area contributed by atoms with Crippen LogP contribution in [0, 0.1) is 6.92 Å². The fourth-order valence-electron chi connectivity index (χ4n) is 3.08. The summed E-state index contributed by atoms with van der Waals surface area (Å²) >= 11 is 0. The maximum Gasteiger partial charge on any atom is 0.138 e. The van der Waals surface area contributed by atoms with E-state index in [9.17, 15) is 0 Å². The van der Waals surface area contributed by atoms with E-state index < -0.39 is 0 Å². The highest BCUT2D eigenvalue weighted by Gasteiger charge is 2.15. The smallest absolute Gasteiger partial charge is 0.138 e. The van der Waals surface area contributed by atoms with E-state index >= 15 is 0 Å². The van der Waals surface area contributed by atoms with Crippen molar-refractivity contribution in [2.75, 3.05) is 5.32 Å². The number of fused-ring (bicyclic) bond motifs is 1. The summed E-state index contributed by atoms with van der Waals surface area (Å²) in [5, 5.41) is 3.49. The summed E-state index contributed by atoms with van der Waals surface area (Å²) < 4.78 is 0. The summed E-state index contributed by atoms with van der Waals surface area (Å²) in [5.74, 6) is 0.912. The van der Waals surface area contributed by atoms with Crippen LogP contribution < -0.4 is 5.32 Å². The maximum absolute atomic E-state index is 4.76. The first-order chi connectivity index (χ1) is 11.8. The first-order valence-electron chi connectivity index (χ1n) is 8.24. The normalized spacial score (nSPS) is 12.5. The Bertz CT molecular complexity index is 972. The Morgan fingerprint density at radius 2 is 1.75 bits per heavy atom. The SMILES string of the molecule is CCc1nc(-c2ccccc2C2=C=Cc3ccccc3N2)[nH]c1C. The minimum Gasteiger partial charge on any atom is -0.348 e. The number of imidazole rings is 1. The van der Waals surface area contributed by atoms with Gasteiger partial charge in [0, 0.05) is 28.1 Å². The monoisotopic (exact) mass is 313 g/mol. The molecule has 0 saturated carbocycles. The molecule has 1 aliphatic heterocycles. The highest BCUT2D eigenvalue weighted by molar-refractivity contribution is 5.90. The molecule has 1 aromatic heterocycles. The minimum atomic E-state index is 0.912. The number of aromatic amines is 1. The van der Waals surface area contributed by atoms with Crippen LogP contribution in [0.4, 0.5) is 5.69 Å². The van der Waals surface area contributed by atoms with E-state index in [2.05, 4.69) is 54.1 Å². The molecule has 0 saturated heterocycles. The summed E-state index contributed by atoms with van der Waals surface area (Å²) in [6, 6.07) is 16.5. The molecule has 0 atom stereocenters. The molecule has 0 fully saturated rings. The van der Waals surface area contributed by atoms with Crippen molar-refractivity contribution in [3.05, 3.63) is 76.8 Å². The molecule has 3 aromatic rings. The molecule has 2 N–H and O–H groups in total. The molecule has 0 aliphatic carbocycles. The lowest BCUT2D eigenvalue weighted by Crippen LogP contribution is -2.04. The summed E-state index contributed by atoms with van der Waals surface area (Å²) in [5.41, 5.74) is 11.0. The number of para-hydroxylation sites is 1. The van der Waals surface area contributed by atoms with Gasteiger partial charge in [-0.15, -0.1) is 0 Å². The maximum atomic E-state index is 4.76. The van der Waals surface area contributed by atoms with E-state index in [0.29, 0.717) is 0 Å². The van der Waals surface area contributed by atoms with E-state index in [4.69, 9.17) is 4.98 Å². The van der Waals surface area contributed by atoms with Crippen molar-refractivity contribution in [3.8, 4) is 11.4 Å². The zero-order chi connectivity index (χ0) is 16.5. The molecule has 2 aromatic carbocycles. The lowest BCUT2D eigenvalue weighted by Gasteiger charge is -2.17. The van der Waals surface area contributed by atoms with Gasteiger partial charge in [0.2, 0.25) is 0 Å². The van der Waals surface area contributed by atoms with Crippen molar-refractivity contribution in [2.45, 2.75) is 20.3 Å². The van der Waals surface area contributed by atoms with Gasteiger partial charge in [-0.25, -0.2) is 4.98 Å². The van der Waals surface area contributed by atoms with Gasteiger partial charge in [-0.1, -0.05) is 55.1 Å². The standard InChI is InChI=1S/C21H19N3/c1-3-18-14(2)22-21(24-18)17-10-6-5-9-16(17)20-13-12-15-8-4-7-11-19(15)23-20/h4-12,23H,3H2,1-2H3,(H,22,24). The number of nitrogens with zero attached hydrogens (tertiary/aromatic N) is 1. The van der Waals surface area contributed by atoms with Gasteiger partial charge < -0.3 is 10.3 Å². The van der Waals surface area contributed by atoms with Crippen molar-refractivity contribution < 1.29 is 0 Å². The highest BCUT2D eigenvalue weighted by Crippen LogP contribution is 2.31. The average molecular weight is 313 g/mol. The van der Waals surface area contributed by atoms with Crippen molar-refractivity contribution in [3.63, 3.8) is 0 Å². The van der Waals surface area contributed by atoms with Crippen LogP contribution in [0.5, 0.6) is 0 Å². The molecule has 0 spiro atoms. The van der Waals surface area contributed by atoms with Crippen LogP contribution in [0.1, 0.15) is 29.4 Å². The largest absolute Gasteiger partial charge is 0.348 e. The predicted molar refractivity (Wildman–Crippen MR) is 99.6 cm³/mol. The number of aromatic nitrogens is 2. The minimum absolute atomic E-state index is 0.912. The van der Waals surface area contributed by atoms with Gasteiger partial charge in [0.05, 0.1) is 11.4 Å². The molecular weight excluding hydrogens is 294 g/mol.